The number of nitrogens with one attached hydrogen (secondary N) is 2. The lowest BCUT2D eigenvalue weighted by molar-refractivity contribution is 0.0995. The summed E-state index contributed by atoms with van der Waals surface area (Å²) in [7, 11) is 0. The second kappa shape index (κ2) is 8.74. The number of imidazole rings is 1. The van der Waals surface area contributed by atoms with Gasteiger partial charge >= 0.3 is 0 Å². The number of aromatic nitrogens is 5. The first-order valence-corrected chi connectivity index (χ1v) is 11.1. The van der Waals surface area contributed by atoms with E-state index >= 15 is 0 Å². The summed E-state index contributed by atoms with van der Waals surface area (Å²) in [6, 6.07) is 11.3. The van der Waals surface area contributed by atoms with Crippen molar-refractivity contribution in [2.45, 2.75) is 51.2 Å². The zero-order chi connectivity index (χ0) is 22.9. The molecule has 1 fully saturated rings. The first-order valence-electron chi connectivity index (χ1n) is 11.1. The van der Waals surface area contributed by atoms with Gasteiger partial charge in [0.2, 0.25) is 5.62 Å². The second-order valence-electron chi connectivity index (χ2n) is 8.53. The van der Waals surface area contributed by atoms with Crippen LogP contribution in [0.3, 0.4) is 0 Å². The number of aliphatic hydroxyl groups is 1. The van der Waals surface area contributed by atoms with Crippen LogP contribution < -0.4 is 5.62 Å². The number of rotatable bonds is 4. The van der Waals surface area contributed by atoms with E-state index in [9.17, 15) is 14.3 Å². The van der Waals surface area contributed by atoms with E-state index in [0.29, 0.717) is 11.5 Å². The van der Waals surface area contributed by atoms with E-state index in [1.807, 2.05) is 29.7 Å². The van der Waals surface area contributed by atoms with Crippen LogP contribution in [0, 0.1) is 12.7 Å². The Balaban J connectivity index is 1.53. The van der Waals surface area contributed by atoms with E-state index in [1.54, 1.807) is 6.07 Å². The Hall–Kier alpha value is -3.59. The Kier molecular flexibility index (Phi) is 5.63. The van der Waals surface area contributed by atoms with Crippen LogP contribution in [0.5, 0.6) is 0 Å². The Morgan fingerprint density at radius 2 is 2.03 bits per heavy atom. The van der Waals surface area contributed by atoms with E-state index in [2.05, 4.69) is 25.2 Å². The second-order valence-corrected chi connectivity index (χ2v) is 8.53. The van der Waals surface area contributed by atoms with Gasteiger partial charge in [-0.25, -0.2) is 9.37 Å². The van der Waals surface area contributed by atoms with Crippen LogP contribution in [0.1, 0.15) is 65.2 Å². The third-order valence-electron chi connectivity index (χ3n) is 6.32. The molecule has 0 unspecified atom stereocenters. The van der Waals surface area contributed by atoms with E-state index < -0.39 is 11.7 Å². The summed E-state index contributed by atoms with van der Waals surface area (Å²) in [6.07, 6.45) is 3.61. The molecule has 5 rings (SSSR count). The van der Waals surface area contributed by atoms with Gasteiger partial charge < -0.3 is 14.7 Å². The number of fused-ring (bicyclic) bond motifs is 1. The summed E-state index contributed by atoms with van der Waals surface area (Å²) in [5, 5.41) is 16.8. The smallest absolute Gasteiger partial charge is 0.280 e. The minimum atomic E-state index is -0.511. The molecule has 1 amide bonds. The van der Waals surface area contributed by atoms with E-state index in [1.165, 1.54) is 18.2 Å². The molecule has 4 aromatic rings. The van der Waals surface area contributed by atoms with Crippen LogP contribution in [0.15, 0.2) is 47.5 Å². The third-order valence-corrected chi connectivity index (χ3v) is 6.32. The number of amides is 1. The number of hydrogen-bond acceptors (Lipinski definition) is 4. The van der Waals surface area contributed by atoms with Crippen molar-refractivity contribution >= 4 is 16.9 Å². The van der Waals surface area contributed by atoms with Gasteiger partial charge in [-0.1, -0.05) is 12.1 Å². The van der Waals surface area contributed by atoms with Gasteiger partial charge in [-0.15, -0.1) is 0 Å². The number of halogens is 1. The van der Waals surface area contributed by atoms with Crippen LogP contribution in [0.2, 0.25) is 0 Å². The Morgan fingerprint density at radius 3 is 2.73 bits per heavy atom. The first-order chi connectivity index (χ1) is 16.0. The fourth-order valence-corrected chi connectivity index (χ4v) is 4.66. The van der Waals surface area contributed by atoms with Crippen molar-refractivity contribution in [1.29, 1.82) is 0 Å². The molecule has 0 saturated heterocycles. The van der Waals surface area contributed by atoms with E-state index in [-0.39, 0.29) is 18.2 Å². The van der Waals surface area contributed by atoms with Crippen molar-refractivity contribution in [2.24, 2.45) is 4.99 Å². The normalized spacial score (nSPS) is 19.3. The molecule has 170 valence electrons. The largest absolute Gasteiger partial charge is 0.392 e. The molecule has 3 N–H and O–H groups in total. The standard InChI is InChI=1S/C24H25FN6O2/c1-14-26-22(30-29-14)16-6-8-19(9-7-16)31-21-11-15(13-32)5-10-20(21)27-24(31)28-23(33)17-3-2-4-18(25)12-17/h2-5,10-12,16,19,32H,6-9,13H2,1H3,(H,26,29,30)(H,27,28,33)/t16-,19+. The quantitative estimate of drug-likeness (QED) is 0.442. The number of H-pyrrole nitrogens is 2. The SMILES string of the molecule is Cc1n[nH]c([C@H]2CC[C@@H](n3/c(=N/C(=O)c4cccc(F)c4)[nH]c4ccc(CO)cc43)CC2)n1. The molecule has 9 heteroatoms. The maximum absolute atomic E-state index is 13.6. The van der Waals surface area contributed by atoms with Crippen molar-refractivity contribution in [3.05, 3.63) is 76.7 Å². The van der Waals surface area contributed by atoms with Crippen LogP contribution in [-0.2, 0) is 6.61 Å². The maximum atomic E-state index is 13.6. The van der Waals surface area contributed by atoms with Crippen molar-refractivity contribution in [1.82, 2.24) is 24.7 Å². The Morgan fingerprint density at radius 1 is 1.21 bits per heavy atom. The maximum Gasteiger partial charge on any atom is 0.280 e. The monoisotopic (exact) mass is 448 g/mol. The summed E-state index contributed by atoms with van der Waals surface area (Å²) in [5.74, 6) is 0.989. The molecule has 0 spiro atoms. The average Bonchev–Trinajstić information content (AvgIpc) is 3.41. The predicted molar refractivity (Wildman–Crippen MR) is 120 cm³/mol. The minimum absolute atomic E-state index is 0.0760. The number of benzene rings is 2. The molecule has 2 aromatic carbocycles. The number of nitrogens with zero attached hydrogens (tertiary/aromatic N) is 4. The Labute approximate surface area is 189 Å². The number of carbonyl (C=O) groups is 1. The van der Waals surface area contributed by atoms with Crippen LogP contribution >= 0.6 is 0 Å². The number of carbonyl (C=O) groups excluding carboxylic acids is 1. The molecule has 1 aliphatic carbocycles. The van der Waals surface area contributed by atoms with Crippen LogP contribution in [0.25, 0.3) is 11.0 Å². The summed E-state index contributed by atoms with van der Waals surface area (Å²) in [4.78, 5) is 24.9. The van der Waals surface area contributed by atoms with Crippen molar-refractivity contribution in [3.63, 3.8) is 0 Å². The number of hydrogen-bond donors (Lipinski definition) is 3. The van der Waals surface area contributed by atoms with Gasteiger partial charge in [-0.2, -0.15) is 10.1 Å². The van der Waals surface area contributed by atoms with Crippen molar-refractivity contribution in [3.8, 4) is 0 Å². The van der Waals surface area contributed by atoms with Gasteiger partial charge in [0.05, 0.1) is 17.6 Å². The van der Waals surface area contributed by atoms with Crippen LogP contribution in [-0.4, -0.2) is 35.7 Å². The average molecular weight is 449 g/mol. The molecule has 2 aromatic heterocycles. The van der Waals surface area contributed by atoms with Gasteiger partial charge in [0.1, 0.15) is 17.5 Å². The van der Waals surface area contributed by atoms with Crippen LogP contribution in [0.4, 0.5) is 4.39 Å². The van der Waals surface area contributed by atoms with Crippen molar-refractivity contribution < 1.29 is 14.3 Å². The van der Waals surface area contributed by atoms with Crippen molar-refractivity contribution in [2.75, 3.05) is 0 Å². The minimum Gasteiger partial charge on any atom is -0.392 e. The lowest BCUT2D eigenvalue weighted by atomic mass is 9.85. The highest BCUT2D eigenvalue weighted by molar-refractivity contribution is 5.95. The third kappa shape index (κ3) is 4.23. The molecule has 1 saturated carbocycles. The fourth-order valence-electron chi connectivity index (χ4n) is 4.66. The molecule has 0 bridgehead atoms. The van der Waals surface area contributed by atoms with E-state index in [4.69, 9.17) is 0 Å². The van der Waals surface area contributed by atoms with E-state index in [0.717, 1.165) is 53.9 Å². The topological polar surface area (TPSA) is 112 Å². The summed E-state index contributed by atoms with van der Waals surface area (Å²) < 4.78 is 15.7. The fraction of sp³-hybridized carbons (Fsp3) is 0.333. The predicted octanol–water partition coefficient (Wildman–Crippen LogP) is 3.67. The van der Waals surface area contributed by atoms with Gasteiger partial charge in [-0.3, -0.25) is 9.89 Å². The number of aryl methyl sites for hydroxylation is 1. The first kappa shape index (κ1) is 21.3. The molecule has 0 aliphatic heterocycles. The molecule has 8 nitrogen and oxygen atoms in total. The summed E-state index contributed by atoms with van der Waals surface area (Å²) >= 11 is 0. The number of aromatic amines is 2. The summed E-state index contributed by atoms with van der Waals surface area (Å²) in [5.41, 5.74) is 3.11. The molecule has 2 heterocycles. The lowest BCUT2D eigenvalue weighted by Gasteiger charge is -2.28. The zero-order valence-electron chi connectivity index (χ0n) is 18.3. The lowest BCUT2D eigenvalue weighted by Crippen LogP contribution is -2.28. The highest BCUT2D eigenvalue weighted by atomic mass is 19.1. The van der Waals surface area contributed by atoms with Gasteiger partial charge in [0, 0.05) is 17.5 Å². The van der Waals surface area contributed by atoms with Gasteiger partial charge in [-0.05, 0) is 68.5 Å². The molecular formula is C24H25FN6O2. The zero-order valence-corrected chi connectivity index (χ0v) is 18.3. The highest BCUT2D eigenvalue weighted by Gasteiger charge is 2.27. The molecular weight excluding hydrogens is 423 g/mol. The molecule has 0 radical (unpaired) electrons. The number of aliphatic hydroxyl groups excluding tert-OH is 1. The van der Waals surface area contributed by atoms with Gasteiger partial charge in [0.25, 0.3) is 5.91 Å². The van der Waals surface area contributed by atoms with Gasteiger partial charge in [0.15, 0.2) is 0 Å². The Bertz CT molecular complexity index is 1380. The highest BCUT2D eigenvalue weighted by Crippen LogP contribution is 2.37. The molecule has 1 aliphatic rings. The molecule has 0 atom stereocenters. The summed E-state index contributed by atoms with van der Waals surface area (Å²) in [6.45, 7) is 1.79. The molecule has 33 heavy (non-hydrogen) atoms.